The number of rotatable bonds is 3. The van der Waals surface area contributed by atoms with E-state index < -0.39 is 11.3 Å². The highest BCUT2D eigenvalue weighted by Crippen LogP contribution is 2.34. The number of aromatic nitrogens is 1. The van der Waals surface area contributed by atoms with Crippen molar-refractivity contribution in [2.45, 2.75) is 19.2 Å². The second-order valence-corrected chi connectivity index (χ2v) is 6.59. The number of amides is 1. The number of alkyl halides is 3. The standard InChI is InChI=1S/C19H14F3N3O4/c20-19(21,22)29-13-4-6-17-11(8-13)2-1-7-24(17)18(26)15-10-23-16-5-3-12(25(27)28)9-14(15)16/h3-6,8-10,23H,1-2,7H2. The molecule has 1 aliphatic rings. The first-order valence-electron chi connectivity index (χ1n) is 8.69. The molecule has 150 valence electrons. The number of H-pyrrole nitrogens is 1. The number of halogens is 3. The average Bonchev–Trinajstić information content (AvgIpc) is 3.08. The number of aromatic amines is 1. The molecule has 1 N–H and O–H groups in total. The van der Waals surface area contributed by atoms with E-state index in [1.807, 2.05) is 0 Å². The third-order valence-corrected chi connectivity index (χ3v) is 4.75. The maximum Gasteiger partial charge on any atom is 0.573 e. The fraction of sp³-hybridized carbons (Fsp3) is 0.211. The summed E-state index contributed by atoms with van der Waals surface area (Å²) in [5, 5.41) is 11.5. The number of nitrogens with one attached hydrogen (secondary N) is 1. The molecular formula is C19H14F3N3O4. The summed E-state index contributed by atoms with van der Waals surface area (Å²) >= 11 is 0. The molecule has 0 atom stereocenters. The molecule has 1 aromatic heterocycles. The van der Waals surface area contributed by atoms with E-state index >= 15 is 0 Å². The predicted molar refractivity (Wildman–Crippen MR) is 98.1 cm³/mol. The largest absolute Gasteiger partial charge is 0.573 e. The van der Waals surface area contributed by atoms with Gasteiger partial charge in [0.2, 0.25) is 0 Å². The average molecular weight is 405 g/mol. The van der Waals surface area contributed by atoms with Crippen LogP contribution in [0.25, 0.3) is 10.9 Å². The van der Waals surface area contributed by atoms with Crippen LogP contribution >= 0.6 is 0 Å². The number of ether oxygens (including phenoxy) is 1. The van der Waals surface area contributed by atoms with Crippen LogP contribution in [0, 0.1) is 10.1 Å². The van der Waals surface area contributed by atoms with Crippen LogP contribution in [0.3, 0.4) is 0 Å². The monoisotopic (exact) mass is 405 g/mol. The van der Waals surface area contributed by atoms with Crippen molar-refractivity contribution in [3.63, 3.8) is 0 Å². The Balaban J connectivity index is 1.70. The number of hydrogen-bond donors (Lipinski definition) is 1. The molecule has 7 nitrogen and oxygen atoms in total. The zero-order chi connectivity index (χ0) is 20.8. The first kappa shape index (κ1) is 18.8. The van der Waals surface area contributed by atoms with Gasteiger partial charge >= 0.3 is 6.36 Å². The summed E-state index contributed by atoms with van der Waals surface area (Å²) in [7, 11) is 0. The predicted octanol–water partition coefficient (Wildman–Crippen LogP) is 4.57. The molecule has 0 saturated carbocycles. The smallest absolute Gasteiger partial charge is 0.406 e. The van der Waals surface area contributed by atoms with E-state index in [1.165, 1.54) is 41.4 Å². The minimum atomic E-state index is -4.79. The summed E-state index contributed by atoms with van der Waals surface area (Å²) in [6.07, 6.45) is -2.24. The van der Waals surface area contributed by atoms with Crippen LogP contribution in [0.2, 0.25) is 0 Å². The number of non-ortho nitro benzene ring substituents is 1. The highest BCUT2D eigenvalue weighted by Gasteiger charge is 2.32. The van der Waals surface area contributed by atoms with Gasteiger partial charge in [0, 0.05) is 41.5 Å². The number of nitro groups is 1. The van der Waals surface area contributed by atoms with Gasteiger partial charge in [0.25, 0.3) is 11.6 Å². The van der Waals surface area contributed by atoms with Gasteiger partial charge in [0.1, 0.15) is 5.75 Å². The minimum Gasteiger partial charge on any atom is -0.406 e. The van der Waals surface area contributed by atoms with Crippen LogP contribution in [-0.4, -0.2) is 28.7 Å². The number of hydrogen-bond acceptors (Lipinski definition) is 4. The molecule has 0 bridgehead atoms. The second-order valence-electron chi connectivity index (χ2n) is 6.59. The number of aryl methyl sites for hydroxylation is 1. The van der Waals surface area contributed by atoms with Crippen molar-refractivity contribution in [2.24, 2.45) is 0 Å². The number of anilines is 1. The van der Waals surface area contributed by atoms with Gasteiger partial charge in [-0.2, -0.15) is 0 Å². The molecule has 0 unspecified atom stereocenters. The summed E-state index contributed by atoms with van der Waals surface area (Å²) in [4.78, 5) is 28.1. The Morgan fingerprint density at radius 3 is 2.72 bits per heavy atom. The van der Waals surface area contributed by atoms with E-state index in [1.54, 1.807) is 0 Å². The number of fused-ring (bicyclic) bond motifs is 2. The molecule has 0 spiro atoms. The Morgan fingerprint density at radius 1 is 1.21 bits per heavy atom. The fourth-order valence-electron chi connectivity index (χ4n) is 3.53. The molecule has 0 aliphatic carbocycles. The molecule has 1 amide bonds. The van der Waals surface area contributed by atoms with E-state index in [9.17, 15) is 28.1 Å². The lowest BCUT2D eigenvalue weighted by atomic mass is 10.00. The Hall–Kier alpha value is -3.56. The van der Waals surface area contributed by atoms with Gasteiger partial charge in [-0.3, -0.25) is 14.9 Å². The number of carbonyl (C=O) groups excluding carboxylic acids is 1. The quantitative estimate of drug-likeness (QED) is 0.511. The van der Waals surface area contributed by atoms with Gasteiger partial charge in [-0.25, -0.2) is 0 Å². The summed E-state index contributed by atoms with van der Waals surface area (Å²) in [6, 6.07) is 8.05. The number of carbonyl (C=O) groups is 1. The molecule has 1 aliphatic heterocycles. The number of benzene rings is 2. The number of nitro benzene ring substituents is 1. The van der Waals surface area contributed by atoms with Gasteiger partial charge < -0.3 is 14.6 Å². The zero-order valence-corrected chi connectivity index (χ0v) is 14.8. The first-order chi connectivity index (χ1) is 13.7. The van der Waals surface area contributed by atoms with E-state index in [0.29, 0.717) is 41.5 Å². The van der Waals surface area contributed by atoms with Gasteiger partial charge in [-0.05, 0) is 42.7 Å². The van der Waals surface area contributed by atoms with Crippen molar-refractivity contribution in [3.8, 4) is 5.75 Å². The molecule has 0 radical (unpaired) electrons. The van der Waals surface area contributed by atoms with Crippen molar-refractivity contribution >= 4 is 28.2 Å². The molecule has 0 saturated heterocycles. The van der Waals surface area contributed by atoms with E-state index in [-0.39, 0.29) is 22.9 Å². The zero-order valence-electron chi connectivity index (χ0n) is 14.8. The summed E-state index contributed by atoms with van der Waals surface area (Å²) in [6.45, 7) is 0.382. The van der Waals surface area contributed by atoms with Crippen LogP contribution < -0.4 is 9.64 Å². The van der Waals surface area contributed by atoms with Gasteiger partial charge in [0.05, 0.1) is 10.5 Å². The van der Waals surface area contributed by atoms with Gasteiger partial charge in [-0.1, -0.05) is 0 Å². The van der Waals surface area contributed by atoms with Crippen molar-refractivity contribution in [3.05, 3.63) is 63.8 Å². The van der Waals surface area contributed by atoms with Crippen molar-refractivity contribution in [1.82, 2.24) is 4.98 Å². The van der Waals surface area contributed by atoms with E-state index in [0.717, 1.165) is 6.07 Å². The first-order valence-corrected chi connectivity index (χ1v) is 8.69. The third kappa shape index (κ3) is 3.60. The summed E-state index contributed by atoms with van der Waals surface area (Å²) in [5.74, 6) is -0.726. The van der Waals surface area contributed by atoms with Crippen LogP contribution in [0.5, 0.6) is 5.75 Å². The van der Waals surface area contributed by atoms with Crippen LogP contribution in [0.1, 0.15) is 22.3 Å². The SMILES string of the molecule is O=C(c1c[nH]c2ccc([N+](=O)[O-])cc12)N1CCCc2cc(OC(F)(F)F)ccc21. The molecule has 4 rings (SSSR count). The Morgan fingerprint density at radius 2 is 2.00 bits per heavy atom. The lowest BCUT2D eigenvalue weighted by Gasteiger charge is -2.29. The topological polar surface area (TPSA) is 88.5 Å². The normalized spacial score (nSPS) is 14.0. The molecule has 2 aromatic carbocycles. The second kappa shape index (κ2) is 6.80. The molecule has 2 heterocycles. The lowest BCUT2D eigenvalue weighted by molar-refractivity contribution is -0.384. The molecule has 10 heteroatoms. The maximum absolute atomic E-state index is 13.2. The van der Waals surface area contributed by atoms with E-state index in [2.05, 4.69) is 9.72 Å². The Bertz CT molecular complexity index is 1120. The van der Waals surface area contributed by atoms with Crippen LogP contribution in [0.4, 0.5) is 24.5 Å². The third-order valence-electron chi connectivity index (χ3n) is 4.75. The molecule has 3 aromatic rings. The Labute approximate surface area is 161 Å². The van der Waals surface area contributed by atoms with Gasteiger partial charge in [-0.15, -0.1) is 13.2 Å². The minimum absolute atomic E-state index is 0.140. The van der Waals surface area contributed by atoms with Crippen molar-refractivity contribution in [2.75, 3.05) is 11.4 Å². The van der Waals surface area contributed by atoms with E-state index in [4.69, 9.17) is 0 Å². The lowest BCUT2D eigenvalue weighted by Crippen LogP contribution is -2.35. The molecular weight excluding hydrogens is 391 g/mol. The fourth-order valence-corrected chi connectivity index (χ4v) is 3.53. The Kier molecular flexibility index (Phi) is 4.40. The van der Waals surface area contributed by atoms with Crippen LogP contribution in [-0.2, 0) is 6.42 Å². The highest BCUT2D eigenvalue weighted by molar-refractivity contribution is 6.14. The summed E-state index contributed by atoms with van der Waals surface area (Å²) < 4.78 is 41.3. The highest BCUT2D eigenvalue weighted by atomic mass is 19.4. The van der Waals surface area contributed by atoms with Gasteiger partial charge in [0.15, 0.2) is 0 Å². The molecule has 0 fully saturated rings. The maximum atomic E-state index is 13.2. The number of nitrogens with zero attached hydrogens (tertiary/aromatic N) is 2. The van der Waals surface area contributed by atoms with Crippen molar-refractivity contribution in [1.29, 1.82) is 0 Å². The molecule has 29 heavy (non-hydrogen) atoms. The van der Waals surface area contributed by atoms with Crippen LogP contribution in [0.15, 0.2) is 42.6 Å². The summed E-state index contributed by atoms with van der Waals surface area (Å²) in [5.41, 5.74) is 1.75. The van der Waals surface area contributed by atoms with Crippen molar-refractivity contribution < 1.29 is 27.6 Å².